The van der Waals surface area contributed by atoms with Crippen molar-refractivity contribution in [3.63, 3.8) is 0 Å². The molecule has 32 heavy (non-hydrogen) atoms. The first-order valence-electron chi connectivity index (χ1n) is 10.4. The summed E-state index contributed by atoms with van der Waals surface area (Å²) in [6.45, 7) is 3.69. The van der Waals surface area contributed by atoms with Gasteiger partial charge >= 0.3 is 0 Å². The Morgan fingerprint density at radius 2 is 1.75 bits per heavy atom. The number of rotatable bonds is 5. The lowest BCUT2D eigenvalue weighted by molar-refractivity contribution is 0.0621. The number of carbonyl (C=O) groups is 1. The van der Waals surface area contributed by atoms with Crippen molar-refractivity contribution in [3.05, 3.63) is 82.6 Å². The van der Waals surface area contributed by atoms with Gasteiger partial charge in [-0.25, -0.2) is 4.98 Å². The van der Waals surface area contributed by atoms with Crippen molar-refractivity contribution in [2.24, 2.45) is 0 Å². The molecule has 1 saturated heterocycles. The Labute approximate surface area is 194 Å². The third kappa shape index (κ3) is 4.57. The zero-order valence-electron chi connectivity index (χ0n) is 17.3. The number of thiazole rings is 1. The molecule has 1 aliphatic rings. The van der Waals surface area contributed by atoms with Crippen molar-refractivity contribution >= 4 is 28.8 Å². The summed E-state index contributed by atoms with van der Waals surface area (Å²) < 4.78 is 0. The number of para-hydroxylation sites is 1. The lowest BCUT2D eigenvalue weighted by Crippen LogP contribution is -2.48. The third-order valence-electron chi connectivity index (χ3n) is 5.39. The second-order valence-electron chi connectivity index (χ2n) is 7.57. The fourth-order valence-electron chi connectivity index (χ4n) is 3.65. The maximum atomic E-state index is 12.9. The topological polar surface area (TPSA) is 67.2 Å². The van der Waals surface area contributed by atoms with Crippen LogP contribution in [0.25, 0.3) is 16.3 Å². The first-order valence-corrected chi connectivity index (χ1v) is 11.6. The number of carbonyl (C=O) groups excluding carboxylic acids is 1. The Kier molecular flexibility index (Phi) is 5.98. The van der Waals surface area contributed by atoms with E-state index < -0.39 is 0 Å². The minimum atomic E-state index is -0.0782. The zero-order valence-corrected chi connectivity index (χ0v) is 18.8. The molecule has 4 aromatic rings. The van der Waals surface area contributed by atoms with Crippen molar-refractivity contribution in [2.75, 3.05) is 26.2 Å². The molecule has 0 bridgehead atoms. The highest BCUT2D eigenvalue weighted by atomic mass is 35.5. The molecule has 0 radical (unpaired) electrons. The number of benzene rings is 2. The summed E-state index contributed by atoms with van der Waals surface area (Å²) in [5.41, 5.74) is 3.32. The van der Waals surface area contributed by atoms with E-state index in [9.17, 15) is 4.79 Å². The molecular weight excluding hydrogens is 444 g/mol. The molecule has 2 aromatic heterocycles. The summed E-state index contributed by atoms with van der Waals surface area (Å²) in [5.74, 6) is -0.0782. The van der Waals surface area contributed by atoms with Crippen molar-refractivity contribution in [2.45, 2.75) is 6.54 Å². The molecule has 0 aliphatic carbocycles. The lowest BCUT2D eigenvalue weighted by atomic mass is 10.2. The quantitative estimate of drug-likeness (QED) is 0.446. The van der Waals surface area contributed by atoms with Crippen LogP contribution < -0.4 is 0 Å². The Balaban J connectivity index is 1.17. The molecule has 7 nitrogen and oxygen atoms in total. The minimum absolute atomic E-state index is 0.0782. The smallest absolute Gasteiger partial charge is 0.276 e. The number of halogens is 1. The fraction of sp³-hybridized carbons (Fsp3) is 0.217. The molecule has 5 rings (SSSR count). The van der Waals surface area contributed by atoms with E-state index in [0.29, 0.717) is 18.8 Å². The number of aromatic nitrogens is 4. The first-order chi connectivity index (χ1) is 15.7. The van der Waals surface area contributed by atoms with Crippen LogP contribution in [-0.4, -0.2) is 61.9 Å². The van der Waals surface area contributed by atoms with Crippen molar-refractivity contribution < 1.29 is 4.79 Å². The van der Waals surface area contributed by atoms with Crippen LogP contribution >= 0.6 is 22.9 Å². The molecule has 3 heterocycles. The first kappa shape index (κ1) is 20.8. The molecule has 2 aromatic carbocycles. The third-order valence-corrected chi connectivity index (χ3v) is 6.58. The average Bonchev–Trinajstić information content (AvgIpc) is 3.51. The molecule has 0 spiro atoms. The SMILES string of the molecule is O=C(c1cnn(-c2ccccc2)n1)N1CCN(Cc2csc(-c3ccc(Cl)cc3)n2)CC1. The highest BCUT2D eigenvalue weighted by molar-refractivity contribution is 7.13. The summed E-state index contributed by atoms with van der Waals surface area (Å²) in [5, 5.41) is 12.4. The average molecular weight is 465 g/mol. The van der Waals surface area contributed by atoms with E-state index >= 15 is 0 Å². The highest BCUT2D eigenvalue weighted by Gasteiger charge is 2.24. The fourth-order valence-corrected chi connectivity index (χ4v) is 4.59. The molecule has 162 valence electrons. The predicted molar refractivity (Wildman–Crippen MR) is 125 cm³/mol. The van der Waals surface area contributed by atoms with Crippen LogP contribution in [0.15, 0.2) is 66.2 Å². The van der Waals surface area contributed by atoms with E-state index in [1.165, 1.54) is 11.0 Å². The van der Waals surface area contributed by atoms with Gasteiger partial charge in [0.15, 0.2) is 5.69 Å². The Hall–Kier alpha value is -3.07. The molecule has 1 aliphatic heterocycles. The van der Waals surface area contributed by atoms with Gasteiger partial charge in [0.25, 0.3) is 5.91 Å². The van der Waals surface area contributed by atoms with Crippen molar-refractivity contribution in [3.8, 4) is 16.3 Å². The summed E-state index contributed by atoms with van der Waals surface area (Å²) in [6, 6.07) is 17.3. The van der Waals surface area contributed by atoms with E-state index in [1.807, 2.05) is 59.5 Å². The number of nitrogens with zero attached hydrogens (tertiary/aromatic N) is 6. The van der Waals surface area contributed by atoms with Gasteiger partial charge in [0.2, 0.25) is 0 Å². The number of amides is 1. The Bertz CT molecular complexity index is 1200. The second kappa shape index (κ2) is 9.20. The van der Waals surface area contributed by atoms with Gasteiger partial charge < -0.3 is 4.90 Å². The van der Waals surface area contributed by atoms with Gasteiger partial charge in [0, 0.05) is 48.7 Å². The summed E-state index contributed by atoms with van der Waals surface area (Å²) in [6.07, 6.45) is 1.54. The van der Waals surface area contributed by atoms with Gasteiger partial charge in [-0.3, -0.25) is 9.69 Å². The number of hydrogen-bond donors (Lipinski definition) is 0. The number of piperazine rings is 1. The van der Waals surface area contributed by atoms with Crippen LogP contribution in [0.5, 0.6) is 0 Å². The summed E-state index contributed by atoms with van der Waals surface area (Å²) >= 11 is 7.61. The lowest BCUT2D eigenvalue weighted by Gasteiger charge is -2.33. The molecule has 9 heteroatoms. The van der Waals surface area contributed by atoms with E-state index in [1.54, 1.807) is 11.3 Å². The van der Waals surface area contributed by atoms with Gasteiger partial charge in [-0.1, -0.05) is 41.9 Å². The van der Waals surface area contributed by atoms with Crippen LogP contribution in [-0.2, 0) is 6.54 Å². The maximum Gasteiger partial charge on any atom is 0.276 e. The van der Waals surface area contributed by atoms with Crippen molar-refractivity contribution in [1.82, 2.24) is 29.8 Å². The maximum absolute atomic E-state index is 12.9. The molecule has 0 atom stereocenters. The second-order valence-corrected chi connectivity index (χ2v) is 8.87. The molecule has 1 fully saturated rings. The van der Waals surface area contributed by atoms with Crippen LogP contribution in [0.2, 0.25) is 5.02 Å². The molecular formula is C23H21ClN6OS. The molecule has 1 amide bonds. The van der Waals surface area contributed by atoms with Crippen LogP contribution in [0, 0.1) is 0 Å². The van der Waals surface area contributed by atoms with Gasteiger partial charge in [0.1, 0.15) is 5.01 Å². The highest BCUT2D eigenvalue weighted by Crippen LogP contribution is 2.25. The van der Waals surface area contributed by atoms with E-state index in [4.69, 9.17) is 16.6 Å². The summed E-state index contributed by atoms with van der Waals surface area (Å²) in [7, 11) is 0. The van der Waals surface area contributed by atoms with Crippen LogP contribution in [0.1, 0.15) is 16.2 Å². The molecule has 0 saturated carbocycles. The largest absolute Gasteiger partial charge is 0.335 e. The van der Waals surface area contributed by atoms with Gasteiger partial charge in [0.05, 0.1) is 17.6 Å². The van der Waals surface area contributed by atoms with Gasteiger partial charge in [-0.2, -0.15) is 9.90 Å². The predicted octanol–water partition coefficient (Wildman–Crippen LogP) is 4.00. The van der Waals surface area contributed by atoms with Crippen molar-refractivity contribution in [1.29, 1.82) is 0 Å². The monoisotopic (exact) mass is 464 g/mol. The summed E-state index contributed by atoms with van der Waals surface area (Å²) in [4.78, 5) is 23.3. The molecule has 0 unspecified atom stereocenters. The van der Waals surface area contributed by atoms with Gasteiger partial charge in [-0.05, 0) is 24.3 Å². The van der Waals surface area contributed by atoms with E-state index in [0.717, 1.165) is 46.6 Å². The number of hydrogen-bond acceptors (Lipinski definition) is 6. The van der Waals surface area contributed by atoms with E-state index in [2.05, 4.69) is 20.5 Å². The normalized spacial score (nSPS) is 14.6. The molecule has 0 N–H and O–H groups in total. The van der Waals surface area contributed by atoms with Crippen LogP contribution in [0.4, 0.5) is 0 Å². The standard InChI is InChI=1S/C23H21ClN6OS/c24-18-8-6-17(7-9-18)22-26-19(16-32-22)15-28-10-12-29(13-11-28)23(31)21-14-25-30(27-21)20-4-2-1-3-5-20/h1-9,14,16H,10-13,15H2. The zero-order chi connectivity index (χ0) is 21.9. The van der Waals surface area contributed by atoms with Gasteiger partial charge in [-0.15, -0.1) is 16.4 Å². The Morgan fingerprint density at radius 3 is 2.50 bits per heavy atom. The Morgan fingerprint density at radius 1 is 1.00 bits per heavy atom. The minimum Gasteiger partial charge on any atom is -0.335 e. The van der Waals surface area contributed by atoms with Crippen LogP contribution in [0.3, 0.4) is 0 Å². The van der Waals surface area contributed by atoms with E-state index in [-0.39, 0.29) is 5.91 Å².